The van der Waals surface area contributed by atoms with Gasteiger partial charge in [0.25, 0.3) is 0 Å². The van der Waals surface area contributed by atoms with Crippen LogP contribution >= 0.6 is 0 Å². The molecule has 2 rings (SSSR count). The third-order valence-electron chi connectivity index (χ3n) is 2.44. The summed E-state index contributed by atoms with van der Waals surface area (Å²) in [6.07, 6.45) is 0.533. The van der Waals surface area contributed by atoms with Gasteiger partial charge in [-0.25, -0.2) is 0 Å². The van der Waals surface area contributed by atoms with E-state index in [1.54, 1.807) is 0 Å². The molecule has 0 bridgehead atoms. The Balaban J connectivity index is 2.41. The maximum atomic E-state index is 10.5. The molecule has 0 amide bonds. The van der Waals surface area contributed by atoms with Crippen molar-refractivity contribution in [1.82, 2.24) is 9.97 Å². The van der Waals surface area contributed by atoms with Crippen molar-refractivity contribution in [2.45, 2.75) is 12.3 Å². The largest absolute Gasteiger partial charge is 0.477 e. The maximum absolute atomic E-state index is 10.5. The first-order valence-electron chi connectivity index (χ1n) is 4.75. The minimum Gasteiger partial charge on any atom is -0.477 e. The number of rotatable bonds is 2. The van der Waals surface area contributed by atoms with E-state index in [9.17, 15) is 10.1 Å². The third-order valence-corrected chi connectivity index (χ3v) is 2.44. The van der Waals surface area contributed by atoms with Crippen molar-refractivity contribution in [3.8, 4) is 5.88 Å². The van der Waals surface area contributed by atoms with E-state index in [1.165, 1.54) is 0 Å². The molecule has 8 nitrogen and oxygen atoms in total. The zero-order valence-electron chi connectivity index (χ0n) is 8.42. The number of ether oxygens (including phenoxy) is 1. The summed E-state index contributed by atoms with van der Waals surface area (Å²) >= 11 is 0. The lowest BCUT2D eigenvalue weighted by molar-refractivity contribution is -0.483. The van der Waals surface area contributed by atoms with E-state index in [0.717, 1.165) is 0 Å². The van der Waals surface area contributed by atoms with Crippen LogP contribution in [-0.2, 0) is 0 Å². The minimum absolute atomic E-state index is 0.0120. The highest BCUT2D eigenvalue weighted by atomic mass is 16.6. The van der Waals surface area contributed by atoms with Gasteiger partial charge >= 0.3 is 0 Å². The molecule has 0 spiro atoms. The first kappa shape index (κ1) is 10.4. The number of hydrogen-bond acceptors (Lipinski definition) is 7. The average molecular weight is 225 g/mol. The van der Waals surface area contributed by atoms with Crippen molar-refractivity contribution >= 4 is 11.8 Å². The predicted octanol–water partition coefficient (Wildman–Crippen LogP) is -0.216. The molecule has 0 saturated carbocycles. The number of aromatic nitrogens is 2. The van der Waals surface area contributed by atoms with Crippen LogP contribution in [0.5, 0.6) is 5.88 Å². The number of nitrogens with two attached hydrogens (primary N) is 2. The summed E-state index contributed by atoms with van der Waals surface area (Å²) in [7, 11) is 0. The van der Waals surface area contributed by atoms with Gasteiger partial charge in [0.2, 0.25) is 18.4 Å². The Morgan fingerprint density at radius 2 is 2.25 bits per heavy atom. The first-order chi connectivity index (χ1) is 7.58. The summed E-state index contributed by atoms with van der Waals surface area (Å²) in [5.41, 5.74) is 11.6. The fourth-order valence-corrected chi connectivity index (χ4v) is 1.78. The van der Waals surface area contributed by atoms with Crippen molar-refractivity contribution in [1.29, 1.82) is 0 Å². The van der Waals surface area contributed by atoms with Gasteiger partial charge in [-0.2, -0.15) is 9.97 Å². The van der Waals surface area contributed by atoms with Crippen LogP contribution in [0.2, 0.25) is 0 Å². The lowest BCUT2D eigenvalue weighted by Gasteiger charge is -2.23. The molecular weight excluding hydrogens is 214 g/mol. The molecule has 8 heteroatoms. The Morgan fingerprint density at radius 1 is 1.50 bits per heavy atom. The molecule has 86 valence electrons. The summed E-state index contributed by atoms with van der Waals surface area (Å²) in [6, 6.07) is 0. The Kier molecular flexibility index (Phi) is 2.47. The second-order valence-corrected chi connectivity index (χ2v) is 3.54. The number of anilines is 2. The molecule has 4 N–H and O–H groups in total. The lowest BCUT2D eigenvalue weighted by atomic mass is 9.95. The first-order valence-corrected chi connectivity index (χ1v) is 4.75. The molecule has 0 aliphatic carbocycles. The molecule has 0 fully saturated rings. The van der Waals surface area contributed by atoms with Gasteiger partial charge in [0.15, 0.2) is 0 Å². The highest BCUT2D eigenvalue weighted by Crippen LogP contribution is 2.35. The molecule has 1 aromatic rings. The highest BCUT2D eigenvalue weighted by Gasteiger charge is 2.30. The summed E-state index contributed by atoms with van der Waals surface area (Å²) in [5.74, 6) is 0.134. The van der Waals surface area contributed by atoms with Gasteiger partial charge in [-0.1, -0.05) is 0 Å². The van der Waals surface area contributed by atoms with E-state index < -0.39 is 0 Å². The average Bonchev–Trinajstić information content (AvgIpc) is 2.15. The van der Waals surface area contributed by atoms with Gasteiger partial charge in [-0.3, -0.25) is 10.1 Å². The van der Waals surface area contributed by atoms with Crippen molar-refractivity contribution in [3.05, 3.63) is 15.7 Å². The van der Waals surface area contributed by atoms with E-state index >= 15 is 0 Å². The third kappa shape index (κ3) is 1.81. The summed E-state index contributed by atoms with van der Waals surface area (Å²) in [5, 5.41) is 10.5. The smallest absolute Gasteiger partial charge is 0.225 e. The fraction of sp³-hybridized carbons (Fsp3) is 0.500. The molecule has 1 atom stereocenters. The van der Waals surface area contributed by atoms with Crippen molar-refractivity contribution in [2.75, 3.05) is 24.6 Å². The van der Waals surface area contributed by atoms with Crippen LogP contribution < -0.4 is 16.2 Å². The Bertz CT molecular complexity index is 436. The SMILES string of the molecule is Nc1nc(N)c2c(n1)OCCC2C[N+](=O)[O-]. The number of hydrogen-bond donors (Lipinski definition) is 2. The predicted molar refractivity (Wildman–Crippen MR) is 55.6 cm³/mol. The number of nitrogen functional groups attached to an aromatic ring is 2. The van der Waals surface area contributed by atoms with E-state index in [4.69, 9.17) is 16.2 Å². The van der Waals surface area contributed by atoms with Crippen molar-refractivity contribution < 1.29 is 9.66 Å². The van der Waals surface area contributed by atoms with Gasteiger partial charge in [0.05, 0.1) is 18.1 Å². The van der Waals surface area contributed by atoms with Gasteiger partial charge in [-0.15, -0.1) is 0 Å². The van der Waals surface area contributed by atoms with E-state index in [0.29, 0.717) is 18.6 Å². The second kappa shape index (κ2) is 3.80. The van der Waals surface area contributed by atoms with Gasteiger partial charge in [0, 0.05) is 4.92 Å². The summed E-state index contributed by atoms with van der Waals surface area (Å²) in [4.78, 5) is 17.8. The molecule has 16 heavy (non-hydrogen) atoms. The van der Waals surface area contributed by atoms with Crippen LogP contribution in [0.3, 0.4) is 0 Å². The standard InChI is InChI=1S/C8H11N5O3/c9-6-5-4(3-13(14)15)1-2-16-7(5)12-8(10)11-6/h4H,1-3H2,(H4,9,10,11,12). The Hall–Kier alpha value is -2.12. The summed E-state index contributed by atoms with van der Waals surface area (Å²) in [6.45, 7) is 0.176. The Morgan fingerprint density at radius 3 is 2.94 bits per heavy atom. The summed E-state index contributed by atoms with van der Waals surface area (Å²) < 4.78 is 5.26. The van der Waals surface area contributed by atoms with Gasteiger partial charge in [0.1, 0.15) is 5.82 Å². The van der Waals surface area contributed by atoms with E-state index in [2.05, 4.69) is 9.97 Å². The van der Waals surface area contributed by atoms with Crippen molar-refractivity contribution in [3.63, 3.8) is 0 Å². The Labute approximate surface area is 90.8 Å². The second-order valence-electron chi connectivity index (χ2n) is 3.54. The maximum Gasteiger partial charge on any atom is 0.225 e. The quantitative estimate of drug-likeness (QED) is 0.525. The van der Waals surface area contributed by atoms with Crippen LogP contribution in [0.15, 0.2) is 0 Å². The molecule has 0 saturated heterocycles. The monoisotopic (exact) mass is 225 g/mol. The van der Waals surface area contributed by atoms with Crippen molar-refractivity contribution in [2.24, 2.45) is 0 Å². The zero-order valence-corrected chi connectivity index (χ0v) is 8.42. The van der Waals surface area contributed by atoms with Crippen LogP contribution in [0.25, 0.3) is 0 Å². The molecule has 0 radical (unpaired) electrons. The number of nitro groups is 1. The molecular formula is C8H11N5O3. The van der Waals surface area contributed by atoms with Crippen LogP contribution in [0.4, 0.5) is 11.8 Å². The normalized spacial score (nSPS) is 18.6. The van der Waals surface area contributed by atoms with Gasteiger partial charge in [-0.05, 0) is 6.42 Å². The number of nitrogens with zero attached hydrogens (tertiary/aromatic N) is 3. The highest BCUT2D eigenvalue weighted by molar-refractivity contribution is 5.51. The topological polar surface area (TPSA) is 130 Å². The lowest BCUT2D eigenvalue weighted by Crippen LogP contribution is -2.23. The van der Waals surface area contributed by atoms with Crippen LogP contribution in [-0.4, -0.2) is 28.0 Å². The molecule has 1 unspecified atom stereocenters. The van der Waals surface area contributed by atoms with Crippen LogP contribution in [0, 0.1) is 10.1 Å². The zero-order chi connectivity index (χ0) is 11.7. The van der Waals surface area contributed by atoms with Crippen LogP contribution in [0.1, 0.15) is 17.9 Å². The van der Waals surface area contributed by atoms with Gasteiger partial charge < -0.3 is 16.2 Å². The molecule has 0 aromatic carbocycles. The number of fused-ring (bicyclic) bond motifs is 1. The fourth-order valence-electron chi connectivity index (χ4n) is 1.78. The molecule has 2 heterocycles. The van der Waals surface area contributed by atoms with E-state index in [1.807, 2.05) is 0 Å². The minimum atomic E-state index is -0.379. The van der Waals surface area contributed by atoms with E-state index in [-0.39, 0.29) is 35.0 Å². The molecule has 1 aromatic heterocycles. The molecule has 1 aliphatic heterocycles. The molecule has 1 aliphatic rings.